The van der Waals surface area contributed by atoms with Gasteiger partial charge in [-0.3, -0.25) is 4.79 Å². The second kappa shape index (κ2) is 3.62. The maximum Gasteiger partial charge on any atom is 0.165 e. The van der Waals surface area contributed by atoms with E-state index in [1.54, 1.807) is 0 Å². The molecule has 0 spiro atoms. The number of hydrogen-bond donors (Lipinski definition) is 1. The predicted octanol–water partition coefficient (Wildman–Crippen LogP) is 1.77. The third-order valence-electron chi connectivity index (χ3n) is 3.13. The minimum Gasteiger partial charge on any atom is -0.316 e. The molecule has 0 radical (unpaired) electrons. The van der Waals surface area contributed by atoms with E-state index in [0.717, 1.165) is 19.5 Å². The number of carbonyl (C=O) groups is 1. The van der Waals surface area contributed by atoms with Crippen LogP contribution in [0.2, 0.25) is 0 Å². The van der Waals surface area contributed by atoms with E-state index in [4.69, 9.17) is 0 Å². The maximum atomic E-state index is 12.0. The van der Waals surface area contributed by atoms with Crippen molar-refractivity contribution in [1.29, 1.82) is 0 Å². The number of rotatable bonds is 3. The molecule has 1 N–H and O–H groups in total. The summed E-state index contributed by atoms with van der Waals surface area (Å²) in [4.78, 5) is 12.0. The standard InChI is InChI=1S/C11H19NO/c1-8(2)10(13)11(9(3)4)5-6-12-7-11/h9,12H,1,5-7H2,2-4H3. The first-order valence-corrected chi connectivity index (χ1v) is 4.92. The van der Waals surface area contributed by atoms with Crippen LogP contribution in [0.5, 0.6) is 0 Å². The Kier molecular flexibility index (Phi) is 2.91. The summed E-state index contributed by atoms with van der Waals surface area (Å²) in [5, 5.41) is 3.27. The van der Waals surface area contributed by atoms with Gasteiger partial charge >= 0.3 is 0 Å². The smallest absolute Gasteiger partial charge is 0.165 e. The summed E-state index contributed by atoms with van der Waals surface area (Å²) in [5.74, 6) is 0.638. The van der Waals surface area contributed by atoms with Crippen molar-refractivity contribution in [2.24, 2.45) is 11.3 Å². The van der Waals surface area contributed by atoms with E-state index in [0.29, 0.717) is 11.5 Å². The van der Waals surface area contributed by atoms with Gasteiger partial charge in [-0.05, 0) is 31.4 Å². The molecule has 1 aliphatic heterocycles. The third kappa shape index (κ3) is 1.68. The van der Waals surface area contributed by atoms with Crippen LogP contribution in [0.25, 0.3) is 0 Å². The van der Waals surface area contributed by atoms with Crippen molar-refractivity contribution < 1.29 is 4.79 Å². The predicted molar refractivity (Wildman–Crippen MR) is 54.6 cm³/mol. The molecule has 0 aromatic heterocycles. The Balaban J connectivity index is 2.91. The summed E-state index contributed by atoms with van der Waals surface area (Å²) < 4.78 is 0. The molecule has 1 heterocycles. The average molecular weight is 181 g/mol. The van der Waals surface area contributed by atoms with Crippen LogP contribution in [-0.4, -0.2) is 18.9 Å². The average Bonchev–Trinajstić information content (AvgIpc) is 2.51. The van der Waals surface area contributed by atoms with Gasteiger partial charge in [-0.2, -0.15) is 0 Å². The Morgan fingerprint density at radius 3 is 2.46 bits per heavy atom. The topological polar surface area (TPSA) is 29.1 Å². The van der Waals surface area contributed by atoms with Crippen molar-refractivity contribution in [3.63, 3.8) is 0 Å². The van der Waals surface area contributed by atoms with Gasteiger partial charge in [0.2, 0.25) is 0 Å². The number of nitrogens with one attached hydrogen (secondary N) is 1. The van der Waals surface area contributed by atoms with E-state index in [1.165, 1.54) is 0 Å². The number of carbonyl (C=O) groups excluding carboxylic acids is 1. The molecule has 1 rings (SSSR count). The van der Waals surface area contributed by atoms with Crippen LogP contribution < -0.4 is 5.32 Å². The van der Waals surface area contributed by atoms with Crippen molar-refractivity contribution in [3.8, 4) is 0 Å². The Bertz CT molecular complexity index is 224. The fourth-order valence-electron chi connectivity index (χ4n) is 2.09. The summed E-state index contributed by atoms with van der Waals surface area (Å²) in [6.45, 7) is 11.6. The minimum absolute atomic E-state index is 0.175. The largest absolute Gasteiger partial charge is 0.316 e. The Labute approximate surface area is 80.4 Å². The third-order valence-corrected chi connectivity index (χ3v) is 3.13. The highest BCUT2D eigenvalue weighted by atomic mass is 16.1. The zero-order chi connectivity index (χ0) is 10.1. The Morgan fingerprint density at radius 2 is 2.15 bits per heavy atom. The molecule has 0 amide bonds. The normalized spacial score (nSPS) is 28.0. The van der Waals surface area contributed by atoms with E-state index >= 15 is 0 Å². The molecular weight excluding hydrogens is 162 g/mol. The summed E-state index contributed by atoms with van der Waals surface area (Å²) in [5.41, 5.74) is 0.517. The molecule has 0 bridgehead atoms. The Hall–Kier alpha value is -0.630. The van der Waals surface area contributed by atoms with Crippen LogP contribution in [0.4, 0.5) is 0 Å². The molecule has 0 aromatic carbocycles. The van der Waals surface area contributed by atoms with Crippen LogP contribution >= 0.6 is 0 Å². The first-order valence-electron chi connectivity index (χ1n) is 4.92. The second-order valence-corrected chi connectivity index (χ2v) is 4.35. The van der Waals surface area contributed by atoms with E-state index < -0.39 is 0 Å². The lowest BCUT2D eigenvalue weighted by Crippen LogP contribution is -2.38. The molecular formula is C11H19NO. The summed E-state index contributed by atoms with van der Waals surface area (Å²) in [7, 11) is 0. The highest BCUT2D eigenvalue weighted by Gasteiger charge is 2.43. The van der Waals surface area contributed by atoms with Gasteiger partial charge < -0.3 is 5.32 Å². The highest BCUT2D eigenvalue weighted by Crippen LogP contribution is 2.36. The number of ketones is 1. The van der Waals surface area contributed by atoms with Crippen LogP contribution in [-0.2, 0) is 4.79 Å². The SMILES string of the molecule is C=C(C)C(=O)C1(C(C)C)CCNC1. The van der Waals surface area contributed by atoms with Gasteiger partial charge in [0.1, 0.15) is 0 Å². The quantitative estimate of drug-likeness (QED) is 0.672. The summed E-state index contributed by atoms with van der Waals surface area (Å²) in [6.07, 6.45) is 0.955. The molecule has 0 saturated carbocycles. The van der Waals surface area contributed by atoms with Gasteiger partial charge in [0.15, 0.2) is 5.78 Å². The second-order valence-electron chi connectivity index (χ2n) is 4.35. The van der Waals surface area contributed by atoms with Crippen LogP contribution in [0, 0.1) is 11.3 Å². The molecule has 1 fully saturated rings. The lowest BCUT2D eigenvalue weighted by Gasteiger charge is -2.31. The Morgan fingerprint density at radius 1 is 1.54 bits per heavy atom. The van der Waals surface area contributed by atoms with Crippen molar-refractivity contribution in [1.82, 2.24) is 5.32 Å². The van der Waals surface area contributed by atoms with Crippen molar-refractivity contribution in [2.45, 2.75) is 27.2 Å². The van der Waals surface area contributed by atoms with E-state index in [1.807, 2.05) is 6.92 Å². The molecule has 0 aromatic rings. The zero-order valence-electron chi connectivity index (χ0n) is 8.81. The lowest BCUT2D eigenvalue weighted by atomic mass is 9.71. The van der Waals surface area contributed by atoms with Gasteiger partial charge in [-0.1, -0.05) is 20.4 Å². The summed E-state index contributed by atoms with van der Waals surface area (Å²) >= 11 is 0. The molecule has 74 valence electrons. The molecule has 0 aliphatic carbocycles. The van der Waals surface area contributed by atoms with E-state index in [-0.39, 0.29) is 11.2 Å². The molecule has 1 unspecified atom stereocenters. The van der Waals surface area contributed by atoms with Gasteiger partial charge in [-0.15, -0.1) is 0 Å². The van der Waals surface area contributed by atoms with Gasteiger partial charge in [0.25, 0.3) is 0 Å². The zero-order valence-corrected chi connectivity index (χ0v) is 8.81. The van der Waals surface area contributed by atoms with Gasteiger partial charge in [-0.25, -0.2) is 0 Å². The van der Waals surface area contributed by atoms with E-state index in [2.05, 4.69) is 25.7 Å². The van der Waals surface area contributed by atoms with Crippen molar-refractivity contribution in [2.75, 3.05) is 13.1 Å². The fourth-order valence-corrected chi connectivity index (χ4v) is 2.09. The molecule has 1 atom stereocenters. The van der Waals surface area contributed by atoms with Crippen LogP contribution in [0.15, 0.2) is 12.2 Å². The lowest BCUT2D eigenvalue weighted by molar-refractivity contribution is -0.126. The number of hydrogen-bond acceptors (Lipinski definition) is 2. The number of Topliss-reactive ketones (excluding diaryl/α,β-unsaturated/α-hetero) is 1. The fraction of sp³-hybridized carbons (Fsp3) is 0.727. The van der Waals surface area contributed by atoms with Crippen molar-refractivity contribution in [3.05, 3.63) is 12.2 Å². The van der Waals surface area contributed by atoms with Crippen LogP contribution in [0.1, 0.15) is 27.2 Å². The molecule has 13 heavy (non-hydrogen) atoms. The first kappa shape index (κ1) is 10.5. The summed E-state index contributed by atoms with van der Waals surface area (Å²) in [6, 6.07) is 0. The molecule has 2 heteroatoms. The van der Waals surface area contributed by atoms with E-state index in [9.17, 15) is 4.79 Å². The first-order chi connectivity index (χ1) is 6.00. The monoisotopic (exact) mass is 181 g/mol. The highest BCUT2D eigenvalue weighted by molar-refractivity contribution is 5.99. The molecule has 1 saturated heterocycles. The van der Waals surface area contributed by atoms with Crippen LogP contribution in [0.3, 0.4) is 0 Å². The van der Waals surface area contributed by atoms with Gasteiger partial charge in [0.05, 0.1) is 0 Å². The number of allylic oxidation sites excluding steroid dienone is 1. The van der Waals surface area contributed by atoms with Gasteiger partial charge in [0, 0.05) is 12.0 Å². The van der Waals surface area contributed by atoms with Crippen molar-refractivity contribution >= 4 is 5.78 Å². The molecule has 2 nitrogen and oxygen atoms in total. The molecule has 1 aliphatic rings. The minimum atomic E-state index is -0.175. The maximum absolute atomic E-state index is 12.0.